The van der Waals surface area contributed by atoms with E-state index in [0.29, 0.717) is 23.3 Å². The average molecular weight is 417 g/mol. The molecule has 10 heteroatoms. The summed E-state index contributed by atoms with van der Waals surface area (Å²) in [5, 5.41) is 3.69. The summed E-state index contributed by atoms with van der Waals surface area (Å²) >= 11 is 0. The second-order valence-electron chi connectivity index (χ2n) is 6.95. The fourth-order valence-corrected chi connectivity index (χ4v) is 3.36. The van der Waals surface area contributed by atoms with E-state index in [0.717, 1.165) is 31.6 Å². The molecule has 4 rings (SSSR count). The molecule has 0 bridgehead atoms. The lowest BCUT2D eigenvalue weighted by Crippen LogP contribution is -2.41. The van der Waals surface area contributed by atoms with Gasteiger partial charge in [0, 0.05) is 11.9 Å². The molecule has 0 saturated carbocycles. The molecule has 156 valence electrons. The first-order valence-corrected chi connectivity index (χ1v) is 9.26. The first-order valence-electron chi connectivity index (χ1n) is 9.26. The Morgan fingerprint density at radius 2 is 1.93 bits per heavy atom. The van der Waals surface area contributed by atoms with Crippen LogP contribution >= 0.6 is 0 Å². The number of nitrogens with zero attached hydrogens (tertiary/aromatic N) is 3. The van der Waals surface area contributed by atoms with Gasteiger partial charge in [0.05, 0.1) is 6.04 Å². The Hall–Kier alpha value is -3.40. The maximum Gasteiger partial charge on any atom is 0.410 e. The fourth-order valence-electron chi connectivity index (χ4n) is 3.36. The number of carbonyl (C=O) groups is 1. The van der Waals surface area contributed by atoms with Crippen molar-refractivity contribution in [3.8, 4) is 5.75 Å². The topological polar surface area (TPSA) is 93.4 Å². The zero-order valence-corrected chi connectivity index (χ0v) is 15.7. The van der Waals surface area contributed by atoms with Gasteiger partial charge in [-0.3, -0.25) is 0 Å². The largest absolute Gasteiger partial charge is 0.410 e. The van der Waals surface area contributed by atoms with Crippen molar-refractivity contribution in [2.45, 2.75) is 12.5 Å². The third-order valence-electron chi connectivity index (χ3n) is 4.95. The number of para-hydroxylation sites is 1. The predicted octanol–water partition coefficient (Wildman–Crippen LogP) is 3.36. The van der Waals surface area contributed by atoms with Gasteiger partial charge in [-0.15, -0.1) is 0 Å². The Morgan fingerprint density at radius 1 is 1.20 bits per heavy atom. The van der Waals surface area contributed by atoms with E-state index in [2.05, 4.69) is 20.2 Å². The van der Waals surface area contributed by atoms with Crippen molar-refractivity contribution in [3.63, 3.8) is 0 Å². The number of carbonyl (C=O) groups excluding carboxylic acids is 1. The van der Waals surface area contributed by atoms with Gasteiger partial charge in [-0.1, -0.05) is 6.07 Å². The molecule has 0 radical (unpaired) electrons. The van der Waals surface area contributed by atoms with E-state index in [-0.39, 0.29) is 11.3 Å². The van der Waals surface area contributed by atoms with E-state index in [4.69, 9.17) is 10.5 Å². The third kappa shape index (κ3) is 3.99. The molecule has 1 saturated heterocycles. The number of rotatable bonds is 6. The first-order chi connectivity index (χ1) is 14.4. The number of hydrogen-bond acceptors (Lipinski definition) is 6. The number of halogens is 3. The van der Waals surface area contributed by atoms with Crippen LogP contribution in [0.1, 0.15) is 18.0 Å². The highest BCUT2D eigenvalue weighted by Gasteiger charge is 2.24. The minimum Gasteiger partial charge on any atom is -0.408 e. The summed E-state index contributed by atoms with van der Waals surface area (Å²) < 4.78 is 46.1. The number of ether oxygens (including phenoxy) is 1. The van der Waals surface area contributed by atoms with Crippen LogP contribution in [0.3, 0.4) is 0 Å². The van der Waals surface area contributed by atoms with Gasteiger partial charge in [0.25, 0.3) is 0 Å². The Bertz CT molecular complexity index is 1080. The lowest BCUT2D eigenvalue weighted by molar-refractivity contribution is 0.174. The van der Waals surface area contributed by atoms with E-state index < -0.39 is 29.6 Å². The summed E-state index contributed by atoms with van der Waals surface area (Å²) in [7, 11) is 0. The number of nitrogens with one attached hydrogen (secondary N) is 1. The van der Waals surface area contributed by atoms with Crippen LogP contribution in [-0.4, -0.2) is 40.6 Å². The van der Waals surface area contributed by atoms with Crippen molar-refractivity contribution >= 4 is 22.8 Å². The maximum absolute atomic E-state index is 13.9. The molecule has 2 heterocycles. The standard InChI is InChI=1S/C20H18F3N5O2/c21-13-7-11(8-14(22)17(13)23)15(9-28-5-2-6-28)27-19-12-3-1-4-16(30-20(24)29)18(12)25-10-26-19/h1,3-4,7-8,10,15H,2,5-6,9H2,(H2,24,29)(H,25,26,27)/t15-/m1/s1. The van der Waals surface area contributed by atoms with Crippen LogP contribution in [0.2, 0.25) is 0 Å². The zero-order valence-electron chi connectivity index (χ0n) is 15.7. The van der Waals surface area contributed by atoms with Crippen molar-refractivity contribution in [1.82, 2.24) is 14.9 Å². The molecule has 3 aromatic rings. The number of amides is 1. The number of nitrogens with two attached hydrogens (primary N) is 1. The number of primary amides is 1. The quantitative estimate of drug-likeness (QED) is 0.598. The van der Waals surface area contributed by atoms with Crippen LogP contribution < -0.4 is 15.8 Å². The Morgan fingerprint density at radius 3 is 2.57 bits per heavy atom. The van der Waals surface area contributed by atoms with E-state index in [1.54, 1.807) is 12.1 Å². The summed E-state index contributed by atoms with van der Waals surface area (Å²) in [5.74, 6) is -3.51. The number of hydrogen-bond donors (Lipinski definition) is 2. The van der Waals surface area contributed by atoms with Gasteiger partial charge in [-0.2, -0.15) is 0 Å². The average Bonchev–Trinajstić information content (AvgIpc) is 2.67. The summed E-state index contributed by atoms with van der Waals surface area (Å²) in [5.41, 5.74) is 5.69. The van der Waals surface area contributed by atoms with Gasteiger partial charge >= 0.3 is 6.09 Å². The van der Waals surface area contributed by atoms with Gasteiger partial charge in [0.15, 0.2) is 23.2 Å². The molecule has 1 amide bonds. The lowest BCUT2D eigenvalue weighted by Gasteiger charge is -2.35. The highest BCUT2D eigenvalue weighted by atomic mass is 19.2. The van der Waals surface area contributed by atoms with Gasteiger partial charge in [-0.05, 0) is 49.3 Å². The second kappa shape index (κ2) is 8.15. The van der Waals surface area contributed by atoms with Crippen LogP contribution in [0.5, 0.6) is 5.75 Å². The molecular formula is C20H18F3N5O2. The van der Waals surface area contributed by atoms with Crippen LogP contribution in [0.4, 0.5) is 23.8 Å². The Balaban J connectivity index is 1.72. The normalized spacial score (nSPS) is 14.9. The van der Waals surface area contributed by atoms with Crippen molar-refractivity contribution in [1.29, 1.82) is 0 Å². The molecule has 1 atom stereocenters. The molecule has 1 aromatic heterocycles. The molecule has 2 aromatic carbocycles. The van der Waals surface area contributed by atoms with Gasteiger partial charge in [-0.25, -0.2) is 27.9 Å². The third-order valence-corrected chi connectivity index (χ3v) is 4.95. The number of likely N-dealkylation sites (tertiary alicyclic amines) is 1. The minimum atomic E-state index is -1.51. The number of aromatic nitrogens is 2. The first kappa shape index (κ1) is 19.9. The molecule has 30 heavy (non-hydrogen) atoms. The van der Waals surface area contributed by atoms with Crippen LogP contribution in [-0.2, 0) is 0 Å². The monoisotopic (exact) mass is 417 g/mol. The Kier molecular flexibility index (Phi) is 5.40. The molecule has 1 fully saturated rings. The van der Waals surface area contributed by atoms with Gasteiger partial charge in [0.2, 0.25) is 0 Å². The van der Waals surface area contributed by atoms with E-state index >= 15 is 0 Å². The van der Waals surface area contributed by atoms with Crippen LogP contribution in [0.15, 0.2) is 36.7 Å². The van der Waals surface area contributed by atoms with Crippen molar-refractivity contribution in [3.05, 3.63) is 59.7 Å². The molecule has 0 spiro atoms. The van der Waals surface area contributed by atoms with Crippen LogP contribution in [0, 0.1) is 17.5 Å². The molecule has 3 N–H and O–H groups in total. The predicted molar refractivity (Wildman–Crippen MR) is 103 cm³/mol. The summed E-state index contributed by atoms with van der Waals surface area (Å²) in [6.45, 7) is 2.14. The Labute approximate surface area is 169 Å². The summed E-state index contributed by atoms with van der Waals surface area (Å²) in [6, 6.07) is 6.25. The zero-order chi connectivity index (χ0) is 21.3. The highest BCUT2D eigenvalue weighted by Crippen LogP contribution is 2.31. The smallest absolute Gasteiger partial charge is 0.408 e. The molecule has 0 aliphatic carbocycles. The number of benzene rings is 2. The SMILES string of the molecule is NC(=O)Oc1cccc2c(N[C@H](CN3CCC3)c3cc(F)c(F)c(F)c3)ncnc12. The fraction of sp³-hybridized carbons (Fsp3) is 0.250. The van der Waals surface area contributed by atoms with Crippen LogP contribution in [0.25, 0.3) is 10.9 Å². The molecule has 1 aliphatic heterocycles. The molecule has 7 nitrogen and oxygen atoms in total. The lowest BCUT2D eigenvalue weighted by atomic mass is 10.0. The van der Waals surface area contributed by atoms with Crippen molar-refractivity contribution in [2.24, 2.45) is 5.73 Å². The molecule has 1 aliphatic rings. The van der Waals surface area contributed by atoms with Gasteiger partial charge < -0.3 is 20.7 Å². The molecule has 0 unspecified atom stereocenters. The van der Waals surface area contributed by atoms with Crippen molar-refractivity contribution < 1.29 is 22.7 Å². The summed E-state index contributed by atoms with van der Waals surface area (Å²) in [4.78, 5) is 21.6. The second-order valence-corrected chi connectivity index (χ2v) is 6.95. The van der Waals surface area contributed by atoms with E-state index in [9.17, 15) is 18.0 Å². The van der Waals surface area contributed by atoms with E-state index in [1.807, 2.05) is 0 Å². The maximum atomic E-state index is 13.9. The number of fused-ring (bicyclic) bond motifs is 1. The summed E-state index contributed by atoms with van der Waals surface area (Å²) in [6.07, 6.45) is 1.32. The van der Waals surface area contributed by atoms with Crippen molar-refractivity contribution in [2.75, 3.05) is 25.0 Å². The number of anilines is 1. The van der Waals surface area contributed by atoms with E-state index in [1.165, 1.54) is 12.4 Å². The van der Waals surface area contributed by atoms with Gasteiger partial charge in [0.1, 0.15) is 17.7 Å². The minimum absolute atomic E-state index is 0.156. The molecular weight excluding hydrogens is 399 g/mol. The highest BCUT2D eigenvalue weighted by molar-refractivity contribution is 5.94.